The molecule has 3 atom stereocenters. The van der Waals surface area contributed by atoms with E-state index in [0.29, 0.717) is 13.0 Å². The lowest BCUT2D eigenvalue weighted by molar-refractivity contribution is -0.121. The van der Waals surface area contributed by atoms with Crippen molar-refractivity contribution in [3.8, 4) is 0 Å². The summed E-state index contributed by atoms with van der Waals surface area (Å²) in [5.41, 5.74) is -0.316. The Hall–Kier alpha value is -1.62. The highest BCUT2D eigenvalue weighted by Gasteiger charge is 2.49. The zero-order valence-corrected chi connectivity index (χ0v) is 21.5. The van der Waals surface area contributed by atoms with E-state index in [1.807, 2.05) is 27.7 Å². The topological polar surface area (TPSA) is 83.8 Å². The Labute approximate surface area is 200 Å². The highest BCUT2D eigenvalue weighted by molar-refractivity contribution is 6.23. The monoisotopic (exact) mass is 462 g/mol. The number of Topliss-reactive ketones (excluding diaryl/α,β-unsaturated/α-hetero) is 2. The van der Waals surface area contributed by atoms with Crippen molar-refractivity contribution in [2.45, 2.75) is 117 Å². The smallest absolute Gasteiger partial charge is 0.227 e. The molecule has 0 spiro atoms. The van der Waals surface area contributed by atoms with Crippen LogP contribution in [0.1, 0.15) is 112 Å². The van der Waals surface area contributed by atoms with Crippen LogP contribution in [0.4, 0.5) is 0 Å². The van der Waals surface area contributed by atoms with Crippen LogP contribution in [0.3, 0.4) is 0 Å². The first-order valence-corrected chi connectivity index (χ1v) is 13.3. The largest absolute Gasteiger partial charge is 0.504 e. The number of allylic oxidation sites excluding steroid dienone is 2. The highest BCUT2D eigenvalue weighted by Crippen LogP contribution is 2.49. The van der Waals surface area contributed by atoms with Gasteiger partial charge in [-0.15, -0.1) is 0 Å². The van der Waals surface area contributed by atoms with Gasteiger partial charge in [0.15, 0.2) is 11.5 Å². The number of rotatable bonds is 14. The third-order valence-corrected chi connectivity index (χ3v) is 7.74. The molecule has 0 radical (unpaired) electrons. The summed E-state index contributed by atoms with van der Waals surface area (Å²) in [5, 5.41) is 21.5. The third-order valence-electron chi connectivity index (χ3n) is 7.74. The number of aliphatic hydroxyl groups is 2. The molecule has 0 unspecified atom stereocenters. The number of hydrogen-bond donors (Lipinski definition) is 2. The molecule has 1 fully saturated rings. The zero-order valence-electron chi connectivity index (χ0n) is 21.5. The number of aliphatic hydroxyl groups excluding tert-OH is 2. The molecule has 5 heteroatoms. The van der Waals surface area contributed by atoms with Crippen molar-refractivity contribution in [3.63, 3.8) is 0 Å². The maximum absolute atomic E-state index is 13.2. The molecule has 0 aliphatic heterocycles. The molecule has 188 valence electrons. The minimum absolute atomic E-state index is 0.00646. The summed E-state index contributed by atoms with van der Waals surface area (Å²) in [5.74, 6) is -2.26. The van der Waals surface area contributed by atoms with Crippen LogP contribution in [0.15, 0.2) is 22.7 Å². The van der Waals surface area contributed by atoms with E-state index in [0.717, 1.165) is 32.1 Å². The van der Waals surface area contributed by atoms with Crippen molar-refractivity contribution in [2.24, 2.45) is 17.8 Å². The van der Waals surface area contributed by atoms with Crippen molar-refractivity contribution >= 4 is 11.6 Å². The van der Waals surface area contributed by atoms with Gasteiger partial charge in [0.05, 0.1) is 11.2 Å². The lowest BCUT2D eigenvalue weighted by Crippen LogP contribution is -2.41. The van der Waals surface area contributed by atoms with Gasteiger partial charge in [-0.2, -0.15) is 0 Å². The maximum atomic E-state index is 13.2. The van der Waals surface area contributed by atoms with E-state index in [-0.39, 0.29) is 28.9 Å². The van der Waals surface area contributed by atoms with Crippen molar-refractivity contribution in [2.75, 3.05) is 6.61 Å². The van der Waals surface area contributed by atoms with Gasteiger partial charge in [0, 0.05) is 12.2 Å². The lowest BCUT2D eigenvalue weighted by Gasteiger charge is -2.38. The number of ether oxygens (including phenoxy) is 1. The van der Waals surface area contributed by atoms with Gasteiger partial charge < -0.3 is 14.9 Å². The Morgan fingerprint density at radius 2 is 1.42 bits per heavy atom. The molecular weight excluding hydrogens is 416 g/mol. The molecule has 33 heavy (non-hydrogen) atoms. The minimum Gasteiger partial charge on any atom is -0.504 e. The van der Waals surface area contributed by atoms with E-state index in [1.165, 1.54) is 38.5 Å². The van der Waals surface area contributed by atoms with Gasteiger partial charge >= 0.3 is 0 Å². The van der Waals surface area contributed by atoms with Gasteiger partial charge in [0.25, 0.3) is 0 Å². The Morgan fingerprint density at radius 1 is 0.848 bits per heavy atom. The van der Waals surface area contributed by atoms with Crippen LogP contribution < -0.4 is 0 Å². The average Bonchev–Trinajstić information content (AvgIpc) is 3.15. The second-order valence-corrected chi connectivity index (χ2v) is 10.5. The highest BCUT2D eigenvalue weighted by atomic mass is 16.5. The molecule has 2 aliphatic carbocycles. The first kappa shape index (κ1) is 27.6. The second-order valence-electron chi connectivity index (χ2n) is 10.5. The van der Waals surface area contributed by atoms with Gasteiger partial charge in [-0.05, 0) is 64.2 Å². The van der Waals surface area contributed by atoms with Crippen LogP contribution in [-0.2, 0) is 14.3 Å². The zero-order chi connectivity index (χ0) is 24.6. The first-order chi connectivity index (χ1) is 15.7. The fourth-order valence-corrected chi connectivity index (χ4v) is 5.84. The fourth-order valence-electron chi connectivity index (χ4n) is 5.84. The van der Waals surface area contributed by atoms with Crippen molar-refractivity contribution in [1.82, 2.24) is 0 Å². The summed E-state index contributed by atoms with van der Waals surface area (Å²) in [7, 11) is 0. The Balaban J connectivity index is 2.03. The number of carbonyl (C=O) groups excluding carboxylic acids is 2. The summed E-state index contributed by atoms with van der Waals surface area (Å²) in [4.78, 5) is 26.2. The summed E-state index contributed by atoms with van der Waals surface area (Å²) in [6.07, 6.45) is 12.4. The Morgan fingerprint density at radius 3 is 2.00 bits per heavy atom. The average molecular weight is 463 g/mol. The molecule has 0 aromatic rings. The normalized spacial score (nSPS) is 24.3. The molecule has 0 aromatic heterocycles. The molecule has 1 saturated carbocycles. The van der Waals surface area contributed by atoms with Crippen LogP contribution in [0, 0.1) is 17.8 Å². The molecule has 0 aromatic carbocycles. The molecule has 0 bridgehead atoms. The molecule has 0 heterocycles. The van der Waals surface area contributed by atoms with E-state index in [2.05, 4.69) is 6.92 Å². The molecule has 0 amide bonds. The summed E-state index contributed by atoms with van der Waals surface area (Å²) in [6, 6.07) is 0. The lowest BCUT2D eigenvalue weighted by atomic mass is 9.72. The molecule has 2 aliphatic rings. The first-order valence-electron chi connectivity index (χ1n) is 13.3. The van der Waals surface area contributed by atoms with E-state index in [1.54, 1.807) is 0 Å². The summed E-state index contributed by atoms with van der Waals surface area (Å²) < 4.78 is 5.97. The van der Waals surface area contributed by atoms with Crippen LogP contribution in [0.5, 0.6) is 0 Å². The molecular formula is C28H46O5. The second kappa shape index (κ2) is 12.7. The van der Waals surface area contributed by atoms with Gasteiger partial charge in [0.1, 0.15) is 0 Å². The van der Waals surface area contributed by atoms with E-state index in [9.17, 15) is 19.8 Å². The fraction of sp³-hybridized carbons (Fsp3) is 0.786. The summed E-state index contributed by atoms with van der Waals surface area (Å²) >= 11 is 0. The van der Waals surface area contributed by atoms with Crippen molar-refractivity contribution in [3.05, 3.63) is 22.7 Å². The van der Waals surface area contributed by atoms with E-state index < -0.39 is 28.7 Å². The van der Waals surface area contributed by atoms with Gasteiger partial charge in [-0.25, -0.2) is 0 Å². The molecule has 2 rings (SSSR count). The molecule has 2 N–H and O–H groups in total. The predicted molar refractivity (Wildman–Crippen MR) is 132 cm³/mol. The summed E-state index contributed by atoms with van der Waals surface area (Å²) in [6.45, 7) is 10.8. The van der Waals surface area contributed by atoms with Crippen molar-refractivity contribution < 1.29 is 24.5 Å². The SMILES string of the molecule is CCCCCCCCCCCC1=C(O)C(=O)C([C@H]2[C@H](C)CC[C@@H]2C(C)(C)OCC)=C(O)C1=O. The van der Waals surface area contributed by atoms with Crippen LogP contribution in [-0.4, -0.2) is 34.0 Å². The molecule has 5 nitrogen and oxygen atoms in total. The van der Waals surface area contributed by atoms with Crippen LogP contribution in [0.25, 0.3) is 0 Å². The van der Waals surface area contributed by atoms with Gasteiger partial charge in [-0.1, -0.05) is 65.2 Å². The Kier molecular flexibility index (Phi) is 10.7. The number of hydrogen-bond acceptors (Lipinski definition) is 5. The van der Waals surface area contributed by atoms with E-state index in [4.69, 9.17) is 4.74 Å². The Bertz CT molecular complexity index is 745. The third kappa shape index (κ3) is 6.71. The number of unbranched alkanes of at least 4 members (excludes halogenated alkanes) is 8. The number of carbonyl (C=O) groups is 2. The quantitative estimate of drug-likeness (QED) is 0.211. The van der Waals surface area contributed by atoms with Gasteiger partial charge in [-0.3, -0.25) is 9.59 Å². The predicted octanol–water partition coefficient (Wildman–Crippen LogP) is 7.16. The van der Waals surface area contributed by atoms with Crippen LogP contribution >= 0.6 is 0 Å². The minimum atomic E-state index is -0.575. The van der Waals surface area contributed by atoms with Crippen LogP contribution in [0.2, 0.25) is 0 Å². The maximum Gasteiger partial charge on any atom is 0.227 e. The standard InChI is InChI=1S/C28H46O5/c1-6-8-9-10-11-12-13-14-15-16-20-24(29)26(31)23(27(32)25(20)30)22-19(3)17-18-21(22)28(4,5)33-7-2/h19,21-22,29,32H,6-18H2,1-5H3/t19-,21+,22+/m1/s1. The number of ketones is 2. The van der Waals surface area contributed by atoms with Gasteiger partial charge in [0.2, 0.25) is 11.6 Å². The van der Waals surface area contributed by atoms with Crippen molar-refractivity contribution in [1.29, 1.82) is 0 Å². The molecule has 0 saturated heterocycles. The van der Waals surface area contributed by atoms with E-state index >= 15 is 0 Å².